The molecule has 102 valence electrons. The van der Waals surface area contributed by atoms with E-state index in [9.17, 15) is 17.2 Å². The first-order valence-corrected chi connectivity index (χ1v) is 6.67. The minimum absolute atomic E-state index is 0.0316. The van der Waals surface area contributed by atoms with Crippen LogP contribution in [0.5, 0.6) is 0 Å². The molecule has 0 spiro atoms. The van der Waals surface area contributed by atoms with Crippen LogP contribution in [0.15, 0.2) is 39.8 Å². The Bertz CT molecular complexity index is 698. The highest BCUT2D eigenvalue weighted by molar-refractivity contribution is 7.92. The topological polar surface area (TPSA) is 85.3 Å². The van der Waals surface area contributed by atoms with Gasteiger partial charge in [-0.1, -0.05) is 0 Å². The Morgan fingerprint density at radius 1 is 1.21 bits per heavy atom. The van der Waals surface area contributed by atoms with Crippen LogP contribution in [0.2, 0.25) is 0 Å². The predicted octanol–water partition coefficient (Wildman–Crippen LogP) is 1.82. The zero-order valence-electron chi connectivity index (χ0n) is 9.56. The first-order valence-electron chi connectivity index (χ1n) is 5.19. The van der Waals surface area contributed by atoms with E-state index in [0.717, 1.165) is 18.2 Å². The van der Waals surface area contributed by atoms with Gasteiger partial charge in [0.2, 0.25) is 5.09 Å². The molecule has 2 aromatic rings. The Kier molecular flexibility index (Phi) is 3.54. The van der Waals surface area contributed by atoms with Crippen LogP contribution < -0.4 is 10.5 Å². The highest BCUT2D eigenvalue weighted by Gasteiger charge is 2.20. The summed E-state index contributed by atoms with van der Waals surface area (Å²) in [6.45, 7) is 0.0316. The van der Waals surface area contributed by atoms with Crippen molar-refractivity contribution in [3.05, 3.63) is 47.7 Å². The molecule has 0 aliphatic rings. The lowest BCUT2D eigenvalue weighted by Gasteiger charge is -2.06. The lowest BCUT2D eigenvalue weighted by Crippen LogP contribution is -2.13. The quantitative estimate of drug-likeness (QED) is 0.898. The second-order valence-corrected chi connectivity index (χ2v) is 5.27. The molecule has 0 radical (unpaired) electrons. The summed E-state index contributed by atoms with van der Waals surface area (Å²) in [6.07, 6.45) is 0. The van der Waals surface area contributed by atoms with Crippen molar-refractivity contribution in [3.8, 4) is 0 Å². The molecule has 8 heteroatoms. The molecule has 0 bridgehead atoms. The van der Waals surface area contributed by atoms with Crippen LogP contribution in [0, 0.1) is 11.6 Å². The number of hydrogen-bond acceptors (Lipinski definition) is 4. The Morgan fingerprint density at radius 2 is 1.95 bits per heavy atom. The van der Waals surface area contributed by atoms with Crippen molar-refractivity contribution in [1.82, 2.24) is 0 Å². The monoisotopic (exact) mass is 288 g/mol. The predicted molar refractivity (Wildman–Crippen MR) is 63.8 cm³/mol. The third kappa shape index (κ3) is 2.91. The van der Waals surface area contributed by atoms with Gasteiger partial charge in [0.05, 0.1) is 12.2 Å². The Hall–Kier alpha value is -1.93. The van der Waals surface area contributed by atoms with Crippen molar-refractivity contribution < 1.29 is 21.6 Å². The summed E-state index contributed by atoms with van der Waals surface area (Å²) in [6, 6.07) is 5.01. The minimum atomic E-state index is -4.12. The molecule has 1 heterocycles. The van der Waals surface area contributed by atoms with E-state index in [0.29, 0.717) is 0 Å². The van der Waals surface area contributed by atoms with Crippen LogP contribution in [0.3, 0.4) is 0 Å². The van der Waals surface area contributed by atoms with Gasteiger partial charge in [0.1, 0.15) is 17.4 Å². The van der Waals surface area contributed by atoms with Gasteiger partial charge in [-0.05, 0) is 24.3 Å². The maximum atomic E-state index is 13.3. The number of nitrogens with one attached hydrogen (secondary N) is 1. The van der Waals surface area contributed by atoms with Crippen LogP contribution in [0.4, 0.5) is 14.5 Å². The van der Waals surface area contributed by atoms with Gasteiger partial charge in [-0.15, -0.1) is 0 Å². The molecule has 0 unspecified atom stereocenters. The van der Waals surface area contributed by atoms with Crippen LogP contribution in [-0.2, 0) is 16.6 Å². The third-order valence-electron chi connectivity index (χ3n) is 2.28. The van der Waals surface area contributed by atoms with Gasteiger partial charge >= 0.3 is 0 Å². The average Bonchev–Trinajstić information content (AvgIpc) is 2.83. The van der Waals surface area contributed by atoms with Crippen molar-refractivity contribution in [2.75, 3.05) is 4.72 Å². The van der Waals surface area contributed by atoms with Crippen LogP contribution in [0.25, 0.3) is 0 Å². The largest absolute Gasteiger partial charge is 0.446 e. The van der Waals surface area contributed by atoms with Crippen molar-refractivity contribution >= 4 is 15.7 Å². The summed E-state index contributed by atoms with van der Waals surface area (Å²) >= 11 is 0. The molecule has 0 aliphatic carbocycles. The zero-order chi connectivity index (χ0) is 14.0. The Labute approximate surface area is 108 Å². The molecule has 0 saturated heterocycles. The van der Waals surface area contributed by atoms with E-state index in [1.807, 2.05) is 4.72 Å². The summed E-state index contributed by atoms with van der Waals surface area (Å²) in [5.41, 5.74) is 4.79. The van der Waals surface area contributed by atoms with Gasteiger partial charge in [0.15, 0.2) is 0 Å². The second-order valence-electron chi connectivity index (χ2n) is 3.65. The number of benzene rings is 1. The molecule has 2 rings (SSSR count). The van der Waals surface area contributed by atoms with E-state index >= 15 is 0 Å². The molecular formula is C11H10F2N2O3S. The van der Waals surface area contributed by atoms with Crippen molar-refractivity contribution in [2.45, 2.75) is 11.6 Å². The van der Waals surface area contributed by atoms with Crippen molar-refractivity contribution in [2.24, 2.45) is 5.73 Å². The number of sulfonamides is 1. The molecule has 5 nitrogen and oxygen atoms in total. The van der Waals surface area contributed by atoms with Gasteiger partial charge in [-0.2, -0.15) is 8.42 Å². The highest BCUT2D eigenvalue weighted by atomic mass is 32.2. The van der Waals surface area contributed by atoms with E-state index in [4.69, 9.17) is 10.2 Å². The molecular weight excluding hydrogens is 278 g/mol. The number of furan rings is 1. The van der Waals surface area contributed by atoms with E-state index in [2.05, 4.69) is 0 Å². The Morgan fingerprint density at radius 3 is 2.58 bits per heavy atom. The Balaban J connectivity index is 2.33. The minimum Gasteiger partial charge on any atom is -0.446 e. The maximum absolute atomic E-state index is 13.3. The van der Waals surface area contributed by atoms with E-state index in [1.54, 1.807) is 0 Å². The standard InChI is InChI=1S/C11H10F2N2O3S/c12-7-1-3-9(13)10(5-7)15-19(16,17)11-4-2-8(6-14)18-11/h1-5,15H,6,14H2. The van der Waals surface area contributed by atoms with Gasteiger partial charge < -0.3 is 10.2 Å². The number of anilines is 1. The summed E-state index contributed by atoms with van der Waals surface area (Å²) < 4.78 is 56.9. The number of rotatable bonds is 4. The molecule has 1 aromatic heterocycles. The molecule has 0 fully saturated rings. The first kappa shape index (κ1) is 13.5. The highest BCUT2D eigenvalue weighted by Crippen LogP contribution is 2.21. The van der Waals surface area contributed by atoms with Gasteiger partial charge in [-0.3, -0.25) is 4.72 Å². The van der Waals surface area contributed by atoms with Crippen LogP contribution in [0.1, 0.15) is 5.76 Å². The normalized spacial score (nSPS) is 11.5. The first-order chi connectivity index (χ1) is 8.92. The maximum Gasteiger partial charge on any atom is 0.295 e. The van der Waals surface area contributed by atoms with E-state index in [1.165, 1.54) is 12.1 Å². The molecule has 0 aliphatic heterocycles. The summed E-state index contributed by atoms with van der Waals surface area (Å²) in [4.78, 5) is 0. The zero-order valence-corrected chi connectivity index (χ0v) is 10.4. The molecule has 3 N–H and O–H groups in total. The summed E-state index contributed by atoms with van der Waals surface area (Å²) in [7, 11) is -4.12. The second kappa shape index (κ2) is 4.98. The lowest BCUT2D eigenvalue weighted by atomic mass is 10.3. The fourth-order valence-electron chi connectivity index (χ4n) is 1.38. The number of hydrogen-bond donors (Lipinski definition) is 2. The molecule has 19 heavy (non-hydrogen) atoms. The van der Waals surface area contributed by atoms with Gasteiger partial charge in [-0.25, -0.2) is 8.78 Å². The van der Waals surface area contributed by atoms with E-state index in [-0.39, 0.29) is 12.3 Å². The van der Waals surface area contributed by atoms with E-state index < -0.39 is 32.4 Å². The lowest BCUT2D eigenvalue weighted by molar-refractivity contribution is 0.417. The van der Waals surface area contributed by atoms with Crippen LogP contribution >= 0.6 is 0 Å². The SMILES string of the molecule is NCc1ccc(S(=O)(=O)Nc2cc(F)ccc2F)o1. The number of nitrogens with two attached hydrogens (primary N) is 1. The third-order valence-corrected chi connectivity index (χ3v) is 3.51. The summed E-state index contributed by atoms with van der Waals surface area (Å²) in [5.74, 6) is -1.39. The van der Waals surface area contributed by atoms with Crippen molar-refractivity contribution in [1.29, 1.82) is 0 Å². The van der Waals surface area contributed by atoms with Gasteiger partial charge in [0, 0.05) is 6.07 Å². The van der Waals surface area contributed by atoms with Crippen LogP contribution in [-0.4, -0.2) is 8.42 Å². The fraction of sp³-hybridized carbons (Fsp3) is 0.0909. The fourth-order valence-corrected chi connectivity index (χ4v) is 2.39. The van der Waals surface area contributed by atoms with Crippen molar-refractivity contribution in [3.63, 3.8) is 0 Å². The average molecular weight is 288 g/mol. The van der Waals surface area contributed by atoms with Gasteiger partial charge in [0.25, 0.3) is 10.0 Å². The summed E-state index contributed by atoms with van der Waals surface area (Å²) in [5, 5.41) is -0.420. The smallest absolute Gasteiger partial charge is 0.295 e. The molecule has 1 aromatic carbocycles. The number of halogens is 2. The molecule has 0 amide bonds. The molecule has 0 saturated carbocycles. The molecule has 0 atom stereocenters.